The van der Waals surface area contributed by atoms with Crippen molar-refractivity contribution < 1.29 is 0 Å². The highest BCUT2D eigenvalue weighted by molar-refractivity contribution is 7.99. The number of aromatic nitrogens is 1. The molecule has 108 valence electrons. The second-order valence-electron chi connectivity index (χ2n) is 5.22. The number of thioether (sulfide) groups is 1. The second kappa shape index (κ2) is 12.5. The van der Waals surface area contributed by atoms with Gasteiger partial charge in [-0.2, -0.15) is 0 Å². The van der Waals surface area contributed by atoms with Crippen molar-refractivity contribution in [3.63, 3.8) is 0 Å². The van der Waals surface area contributed by atoms with Gasteiger partial charge in [-0.05, 0) is 24.3 Å². The van der Waals surface area contributed by atoms with Crippen molar-refractivity contribution >= 4 is 11.8 Å². The van der Waals surface area contributed by atoms with Crippen molar-refractivity contribution in [2.75, 3.05) is 5.75 Å². The van der Waals surface area contributed by atoms with Gasteiger partial charge in [-0.3, -0.25) is 4.98 Å². The van der Waals surface area contributed by atoms with Crippen molar-refractivity contribution in [2.24, 2.45) is 0 Å². The van der Waals surface area contributed by atoms with Gasteiger partial charge in [0, 0.05) is 17.3 Å². The molecule has 0 atom stereocenters. The Morgan fingerprint density at radius 3 is 2.11 bits per heavy atom. The molecule has 1 rings (SSSR count). The van der Waals surface area contributed by atoms with Crippen molar-refractivity contribution in [1.82, 2.24) is 4.98 Å². The van der Waals surface area contributed by atoms with E-state index in [-0.39, 0.29) is 0 Å². The zero-order chi connectivity index (χ0) is 13.6. The molecular formula is C17H29NS. The summed E-state index contributed by atoms with van der Waals surface area (Å²) in [5, 5.41) is 0. The van der Waals surface area contributed by atoms with Crippen LogP contribution in [0.1, 0.15) is 71.1 Å². The minimum Gasteiger partial charge on any atom is -0.264 e. The Kier molecular flexibility index (Phi) is 10.9. The summed E-state index contributed by atoms with van der Waals surface area (Å²) in [6.07, 6.45) is 17.9. The summed E-state index contributed by atoms with van der Waals surface area (Å²) in [6, 6.07) is 4.16. The van der Waals surface area contributed by atoms with E-state index in [0.29, 0.717) is 0 Å². The second-order valence-corrected chi connectivity index (χ2v) is 6.39. The van der Waals surface area contributed by atoms with Crippen LogP contribution in [-0.4, -0.2) is 10.7 Å². The number of hydrogen-bond donors (Lipinski definition) is 0. The summed E-state index contributed by atoms with van der Waals surface area (Å²) in [7, 11) is 0. The molecule has 0 aliphatic carbocycles. The Hall–Kier alpha value is -0.500. The van der Waals surface area contributed by atoms with E-state index in [1.165, 1.54) is 74.9 Å². The first-order valence-corrected chi connectivity index (χ1v) is 8.95. The smallest absolute Gasteiger partial charge is 0.0403 e. The molecule has 0 aliphatic heterocycles. The van der Waals surface area contributed by atoms with Crippen LogP contribution in [0.15, 0.2) is 29.4 Å². The van der Waals surface area contributed by atoms with Gasteiger partial charge in [0.05, 0.1) is 0 Å². The Morgan fingerprint density at radius 1 is 0.895 bits per heavy atom. The molecule has 0 aliphatic rings. The number of hydrogen-bond acceptors (Lipinski definition) is 2. The molecule has 0 unspecified atom stereocenters. The minimum atomic E-state index is 1.24. The molecular weight excluding hydrogens is 250 g/mol. The Labute approximate surface area is 123 Å². The van der Waals surface area contributed by atoms with Crippen LogP contribution in [0, 0.1) is 0 Å². The van der Waals surface area contributed by atoms with E-state index in [1.54, 1.807) is 0 Å². The van der Waals surface area contributed by atoms with E-state index in [1.807, 2.05) is 30.2 Å². The molecule has 0 aromatic carbocycles. The average molecular weight is 279 g/mol. The van der Waals surface area contributed by atoms with Gasteiger partial charge in [0.1, 0.15) is 0 Å². The van der Waals surface area contributed by atoms with Crippen molar-refractivity contribution in [1.29, 1.82) is 0 Å². The van der Waals surface area contributed by atoms with Crippen LogP contribution in [-0.2, 0) is 0 Å². The average Bonchev–Trinajstić information content (AvgIpc) is 2.46. The lowest BCUT2D eigenvalue weighted by Crippen LogP contribution is -1.84. The van der Waals surface area contributed by atoms with E-state index >= 15 is 0 Å². The quantitative estimate of drug-likeness (QED) is 0.339. The minimum absolute atomic E-state index is 1.24. The van der Waals surface area contributed by atoms with Gasteiger partial charge in [0.2, 0.25) is 0 Å². The summed E-state index contributed by atoms with van der Waals surface area (Å²) < 4.78 is 0. The van der Waals surface area contributed by atoms with Crippen LogP contribution < -0.4 is 0 Å². The van der Waals surface area contributed by atoms with Crippen LogP contribution in [0.25, 0.3) is 0 Å². The lowest BCUT2D eigenvalue weighted by Gasteiger charge is -2.02. The number of rotatable bonds is 12. The first kappa shape index (κ1) is 16.6. The number of nitrogens with zero attached hydrogens (tertiary/aromatic N) is 1. The largest absolute Gasteiger partial charge is 0.264 e. The molecule has 1 nitrogen and oxygen atoms in total. The molecule has 1 heterocycles. The topological polar surface area (TPSA) is 12.9 Å². The highest BCUT2D eigenvalue weighted by atomic mass is 32.2. The summed E-state index contributed by atoms with van der Waals surface area (Å²) in [4.78, 5) is 5.44. The molecule has 0 amide bonds. The third-order valence-electron chi connectivity index (χ3n) is 3.40. The van der Waals surface area contributed by atoms with Crippen LogP contribution in [0.3, 0.4) is 0 Å². The molecule has 0 fully saturated rings. The van der Waals surface area contributed by atoms with E-state index in [0.717, 1.165) is 0 Å². The monoisotopic (exact) mass is 279 g/mol. The first-order chi connectivity index (χ1) is 9.43. The fourth-order valence-corrected chi connectivity index (χ4v) is 3.11. The predicted molar refractivity (Wildman–Crippen MR) is 86.8 cm³/mol. The summed E-state index contributed by atoms with van der Waals surface area (Å²) in [6.45, 7) is 2.28. The van der Waals surface area contributed by atoms with Gasteiger partial charge in [0.25, 0.3) is 0 Å². The summed E-state index contributed by atoms with van der Waals surface area (Å²) in [5.74, 6) is 1.24. The first-order valence-electron chi connectivity index (χ1n) is 7.96. The van der Waals surface area contributed by atoms with Gasteiger partial charge in [-0.1, -0.05) is 64.7 Å². The van der Waals surface area contributed by atoms with Gasteiger partial charge >= 0.3 is 0 Å². The third-order valence-corrected chi connectivity index (χ3v) is 4.47. The SMILES string of the molecule is CCCCCCCCCCCCSc1cccnc1. The summed E-state index contributed by atoms with van der Waals surface area (Å²) >= 11 is 1.94. The maximum Gasteiger partial charge on any atom is 0.0403 e. The lowest BCUT2D eigenvalue weighted by atomic mass is 10.1. The van der Waals surface area contributed by atoms with Crippen LogP contribution >= 0.6 is 11.8 Å². The Bertz CT molecular complexity index is 287. The molecule has 2 heteroatoms. The molecule has 0 radical (unpaired) electrons. The van der Waals surface area contributed by atoms with E-state index in [9.17, 15) is 0 Å². The van der Waals surface area contributed by atoms with Crippen LogP contribution in [0.4, 0.5) is 0 Å². The lowest BCUT2D eigenvalue weighted by molar-refractivity contribution is 0.563. The van der Waals surface area contributed by atoms with Crippen molar-refractivity contribution in [3.8, 4) is 0 Å². The number of pyridine rings is 1. The number of unbranched alkanes of at least 4 members (excludes halogenated alkanes) is 9. The molecule has 0 saturated carbocycles. The van der Waals surface area contributed by atoms with E-state index in [4.69, 9.17) is 0 Å². The van der Waals surface area contributed by atoms with Crippen LogP contribution in [0.5, 0.6) is 0 Å². The molecule has 0 saturated heterocycles. The van der Waals surface area contributed by atoms with E-state index < -0.39 is 0 Å². The molecule has 19 heavy (non-hydrogen) atoms. The standard InChI is InChI=1S/C17H29NS/c1-2-3-4-5-6-7-8-9-10-11-15-19-17-13-12-14-18-16-17/h12-14,16H,2-11,15H2,1H3. The summed E-state index contributed by atoms with van der Waals surface area (Å²) in [5.41, 5.74) is 0. The maximum absolute atomic E-state index is 4.13. The molecule has 1 aromatic rings. The Morgan fingerprint density at radius 2 is 1.53 bits per heavy atom. The van der Waals surface area contributed by atoms with Gasteiger partial charge in [-0.25, -0.2) is 0 Å². The highest BCUT2D eigenvalue weighted by Gasteiger charge is 1.95. The fraction of sp³-hybridized carbons (Fsp3) is 0.706. The van der Waals surface area contributed by atoms with Crippen LogP contribution in [0.2, 0.25) is 0 Å². The fourth-order valence-electron chi connectivity index (χ4n) is 2.21. The highest BCUT2D eigenvalue weighted by Crippen LogP contribution is 2.18. The zero-order valence-corrected chi connectivity index (χ0v) is 13.3. The third kappa shape index (κ3) is 10.0. The molecule has 0 bridgehead atoms. The zero-order valence-electron chi connectivity index (χ0n) is 12.4. The van der Waals surface area contributed by atoms with Gasteiger partial charge in [-0.15, -0.1) is 11.8 Å². The normalized spacial score (nSPS) is 10.8. The van der Waals surface area contributed by atoms with Gasteiger partial charge in [0.15, 0.2) is 0 Å². The van der Waals surface area contributed by atoms with Gasteiger partial charge < -0.3 is 0 Å². The maximum atomic E-state index is 4.13. The van der Waals surface area contributed by atoms with Crippen molar-refractivity contribution in [2.45, 2.75) is 76.0 Å². The predicted octanol–water partition coefficient (Wildman–Crippen LogP) is 6.09. The molecule has 0 spiro atoms. The Balaban J connectivity index is 1.79. The van der Waals surface area contributed by atoms with Crippen molar-refractivity contribution in [3.05, 3.63) is 24.5 Å². The molecule has 0 N–H and O–H groups in total. The van der Waals surface area contributed by atoms with E-state index in [2.05, 4.69) is 18.0 Å². The molecule has 1 aromatic heterocycles.